The third-order valence-electron chi connectivity index (χ3n) is 3.31. The molecule has 1 amide bonds. The van der Waals surface area contributed by atoms with Gasteiger partial charge in [-0.1, -0.05) is 0 Å². The average Bonchev–Trinajstić information content (AvgIpc) is 2.60. The number of nitrogens with one attached hydrogen (secondary N) is 2. The van der Waals surface area contributed by atoms with E-state index in [2.05, 4.69) is 15.6 Å². The molecule has 0 saturated heterocycles. The molecular weight excluding hydrogens is 331 g/mol. The summed E-state index contributed by atoms with van der Waals surface area (Å²) in [4.78, 5) is 16.2. The average molecular weight is 343 g/mol. The van der Waals surface area contributed by atoms with Gasteiger partial charge in [-0.25, -0.2) is 13.2 Å². The van der Waals surface area contributed by atoms with Crippen molar-refractivity contribution >= 4 is 23.0 Å². The van der Waals surface area contributed by atoms with Crippen LogP contribution >= 0.6 is 0 Å². The van der Waals surface area contributed by atoms with Crippen LogP contribution in [0.2, 0.25) is 0 Å². The lowest BCUT2D eigenvalue weighted by atomic mass is 10.2. The molecule has 1 aromatic heterocycles. The Morgan fingerprint density at radius 3 is 2.28 bits per heavy atom. The van der Waals surface area contributed by atoms with Gasteiger partial charge in [-0.15, -0.1) is 0 Å². The van der Waals surface area contributed by atoms with Crippen molar-refractivity contribution in [3.63, 3.8) is 0 Å². The van der Waals surface area contributed by atoms with Crippen molar-refractivity contribution in [3.05, 3.63) is 83.9 Å². The monoisotopic (exact) mass is 343 g/mol. The summed E-state index contributed by atoms with van der Waals surface area (Å²) in [6, 6.07) is 10.0. The third kappa shape index (κ3) is 4.14. The quantitative estimate of drug-likeness (QED) is 0.734. The van der Waals surface area contributed by atoms with Crippen LogP contribution in [0.4, 0.5) is 30.2 Å². The molecule has 126 valence electrons. The molecule has 2 N–H and O–H groups in total. The van der Waals surface area contributed by atoms with Crippen LogP contribution in [0, 0.1) is 17.5 Å². The number of anilines is 3. The number of halogens is 3. The largest absolute Gasteiger partial charge is 0.354 e. The summed E-state index contributed by atoms with van der Waals surface area (Å²) in [6.45, 7) is 0. The summed E-state index contributed by atoms with van der Waals surface area (Å²) in [5, 5.41) is 5.33. The van der Waals surface area contributed by atoms with Crippen molar-refractivity contribution in [2.75, 3.05) is 10.6 Å². The van der Waals surface area contributed by atoms with Crippen LogP contribution in [0.5, 0.6) is 0 Å². The van der Waals surface area contributed by atoms with Gasteiger partial charge in [0, 0.05) is 18.0 Å². The lowest BCUT2D eigenvalue weighted by Crippen LogP contribution is -2.13. The fourth-order valence-electron chi connectivity index (χ4n) is 2.12. The zero-order valence-electron chi connectivity index (χ0n) is 12.8. The first-order valence-electron chi connectivity index (χ1n) is 7.25. The molecule has 0 bridgehead atoms. The van der Waals surface area contributed by atoms with Crippen molar-refractivity contribution in [2.45, 2.75) is 0 Å². The van der Waals surface area contributed by atoms with Gasteiger partial charge >= 0.3 is 0 Å². The molecule has 0 aliphatic heterocycles. The number of pyridine rings is 1. The highest BCUT2D eigenvalue weighted by atomic mass is 19.1. The van der Waals surface area contributed by atoms with Crippen molar-refractivity contribution < 1.29 is 18.0 Å². The summed E-state index contributed by atoms with van der Waals surface area (Å²) in [5.74, 6) is -2.57. The zero-order valence-corrected chi connectivity index (χ0v) is 12.8. The van der Waals surface area contributed by atoms with E-state index < -0.39 is 17.5 Å². The predicted octanol–water partition coefficient (Wildman–Crippen LogP) is 4.49. The number of hydrogen-bond acceptors (Lipinski definition) is 3. The predicted molar refractivity (Wildman–Crippen MR) is 88.2 cm³/mol. The molecular formula is C18H12F3N3O. The standard InChI is InChI=1S/C18H12F3N3O/c19-12-1-4-14(5-2-12)23-15-7-11(9-22-10-15)18(25)24-17-6-3-13(20)8-16(17)21/h1-10,23H,(H,24,25). The molecule has 0 unspecified atom stereocenters. The Morgan fingerprint density at radius 2 is 1.56 bits per heavy atom. The molecule has 4 nitrogen and oxygen atoms in total. The molecule has 7 heteroatoms. The maximum atomic E-state index is 13.6. The SMILES string of the molecule is O=C(Nc1ccc(F)cc1F)c1cncc(Nc2ccc(F)cc2)c1. The molecule has 0 fully saturated rings. The molecule has 0 saturated carbocycles. The van der Waals surface area contributed by atoms with E-state index in [1.165, 1.54) is 42.7 Å². The Kier molecular flexibility index (Phi) is 4.65. The van der Waals surface area contributed by atoms with E-state index in [1.807, 2.05) is 0 Å². The van der Waals surface area contributed by atoms with Crippen molar-refractivity contribution in [3.8, 4) is 0 Å². The molecule has 0 radical (unpaired) electrons. The van der Waals surface area contributed by atoms with Gasteiger partial charge in [-0.3, -0.25) is 9.78 Å². The van der Waals surface area contributed by atoms with E-state index in [0.29, 0.717) is 17.4 Å². The van der Waals surface area contributed by atoms with E-state index in [-0.39, 0.29) is 17.1 Å². The Balaban J connectivity index is 1.76. The molecule has 0 aliphatic rings. The molecule has 1 heterocycles. The molecule has 25 heavy (non-hydrogen) atoms. The Hall–Kier alpha value is -3.35. The van der Waals surface area contributed by atoms with Crippen LogP contribution in [0.1, 0.15) is 10.4 Å². The smallest absolute Gasteiger partial charge is 0.257 e. The summed E-state index contributed by atoms with van der Waals surface area (Å²) in [5.41, 5.74) is 1.16. The highest BCUT2D eigenvalue weighted by molar-refractivity contribution is 6.04. The van der Waals surface area contributed by atoms with Crippen molar-refractivity contribution in [2.24, 2.45) is 0 Å². The van der Waals surface area contributed by atoms with E-state index >= 15 is 0 Å². The molecule has 2 aromatic carbocycles. The Morgan fingerprint density at radius 1 is 0.840 bits per heavy atom. The molecule has 3 aromatic rings. The van der Waals surface area contributed by atoms with Crippen LogP contribution in [0.25, 0.3) is 0 Å². The minimum absolute atomic E-state index is 0.136. The summed E-state index contributed by atoms with van der Waals surface area (Å²) in [6.07, 6.45) is 2.80. The van der Waals surface area contributed by atoms with E-state index in [0.717, 1.165) is 12.1 Å². The van der Waals surface area contributed by atoms with Gasteiger partial charge in [0.2, 0.25) is 0 Å². The minimum atomic E-state index is -0.873. The second-order valence-corrected chi connectivity index (χ2v) is 5.17. The minimum Gasteiger partial charge on any atom is -0.354 e. The molecule has 0 spiro atoms. The zero-order chi connectivity index (χ0) is 17.8. The number of hydrogen-bond donors (Lipinski definition) is 2. The lowest BCUT2D eigenvalue weighted by molar-refractivity contribution is 0.102. The number of nitrogens with zero attached hydrogens (tertiary/aromatic N) is 1. The van der Waals surface area contributed by atoms with Gasteiger partial charge in [0.05, 0.1) is 23.1 Å². The summed E-state index contributed by atoms with van der Waals surface area (Å²) < 4.78 is 39.4. The number of carbonyl (C=O) groups is 1. The van der Waals surface area contributed by atoms with E-state index in [9.17, 15) is 18.0 Å². The normalized spacial score (nSPS) is 10.4. The van der Waals surface area contributed by atoms with Gasteiger partial charge in [-0.2, -0.15) is 0 Å². The molecule has 0 aliphatic carbocycles. The fraction of sp³-hybridized carbons (Fsp3) is 0. The van der Waals surface area contributed by atoms with Crippen LogP contribution in [-0.4, -0.2) is 10.9 Å². The van der Waals surface area contributed by atoms with Crippen LogP contribution in [0.15, 0.2) is 60.9 Å². The maximum absolute atomic E-state index is 13.6. The van der Waals surface area contributed by atoms with Crippen molar-refractivity contribution in [1.82, 2.24) is 4.98 Å². The van der Waals surface area contributed by atoms with E-state index in [1.54, 1.807) is 0 Å². The second kappa shape index (κ2) is 7.04. The topological polar surface area (TPSA) is 54.0 Å². The van der Waals surface area contributed by atoms with Gasteiger partial charge in [0.25, 0.3) is 5.91 Å². The molecule has 3 rings (SSSR count). The number of amides is 1. The Labute approximate surface area is 141 Å². The van der Waals surface area contributed by atoms with Gasteiger partial charge in [-0.05, 0) is 42.5 Å². The van der Waals surface area contributed by atoms with Crippen molar-refractivity contribution in [1.29, 1.82) is 0 Å². The summed E-state index contributed by atoms with van der Waals surface area (Å²) >= 11 is 0. The van der Waals surface area contributed by atoms with Crippen LogP contribution in [0.3, 0.4) is 0 Å². The highest BCUT2D eigenvalue weighted by Gasteiger charge is 2.11. The highest BCUT2D eigenvalue weighted by Crippen LogP contribution is 2.19. The maximum Gasteiger partial charge on any atom is 0.257 e. The van der Waals surface area contributed by atoms with E-state index in [4.69, 9.17) is 0 Å². The van der Waals surface area contributed by atoms with Crippen LogP contribution < -0.4 is 10.6 Å². The summed E-state index contributed by atoms with van der Waals surface area (Å²) in [7, 11) is 0. The number of carbonyl (C=O) groups excluding carboxylic acids is 1. The molecule has 0 atom stereocenters. The number of benzene rings is 2. The first kappa shape index (κ1) is 16.5. The second-order valence-electron chi connectivity index (χ2n) is 5.17. The number of aromatic nitrogens is 1. The fourth-order valence-corrected chi connectivity index (χ4v) is 2.12. The number of rotatable bonds is 4. The van der Waals surface area contributed by atoms with Crippen LogP contribution in [-0.2, 0) is 0 Å². The first-order valence-corrected chi connectivity index (χ1v) is 7.25. The van der Waals surface area contributed by atoms with Gasteiger partial charge in [0.1, 0.15) is 17.5 Å². The lowest BCUT2D eigenvalue weighted by Gasteiger charge is -2.09. The van der Waals surface area contributed by atoms with Gasteiger partial charge < -0.3 is 10.6 Å². The third-order valence-corrected chi connectivity index (χ3v) is 3.31. The van der Waals surface area contributed by atoms with Gasteiger partial charge in [0.15, 0.2) is 0 Å². The Bertz CT molecular complexity index is 914. The first-order chi connectivity index (χ1) is 12.0.